The molecule has 0 saturated carbocycles. The molecule has 2 heterocycles. The van der Waals surface area contributed by atoms with Crippen LogP contribution in [0, 0.1) is 17.8 Å². The van der Waals surface area contributed by atoms with E-state index < -0.39 is 156 Å². The minimum Gasteiger partial charge on any atom is -0.508 e. The molecule has 0 aliphatic carbocycles. The van der Waals surface area contributed by atoms with Crippen molar-refractivity contribution in [2.45, 2.75) is 186 Å². The zero-order valence-corrected chi connectivity index (χ0v) is 58.2. The van der Waals surface area contributed by atoms with Gasteiger partial charge in [-0.15, -0.1) is 0 Å². The van der Waals surface area contributed by atoms with Crippen molar-refractivity contribution in [1.29, 1.82) is 0 Å². The molecular formula is C65H101N17O16S. The molecule has 548 valence electrons. The highest BCUT2D eigenvalue weighted by Gasteiger charge is 2.41. The number of fused-ring (bicyclic) bond motifs is 1. The van der Waals surface area contributed by atoms with Crippen LogP contribution in [0.15, 0.2) is 64.7 Å². The fourth-order valence-electron chi connectivity index (χ4n) is 10.7. The van der Waals surface area contributed by atoms with E-state index in [0.29, 0.717) is 23.3 Å². The lowest BCUT2D eigenvalue weighted by Gasteiger charge is -2.32. The van der Waals surface area contributed by atoms with Gasteiger partial charge in [-0.1, -0.05) is 71.9 Å². The molecule has 0 unspecified atom stereocenters. The number of phenols is 1. The van der Waals surface area contributed by atoms with E-state index in [1.165, 1.54) is 28.8 Å². The molecule has 33 nitrogen and oxygen atoms in total. The fraction of sp³-hybridized carbons (Fsp3) is 0.569. The van der Waals surface area contributed by atoms with Crippen molar-refractivity contribution in [3.8, 4) is 5.75 Å². The number of carboxylic acid groups (broad SMARTS) is 3. The lowest BCUT2D eigenvalue weighted by molar-refractivity contribution is -0.143. The van der Waals surface area contributed by atoms with E-state index in [2.05, 4.69) is 57.5 Å². The Bertz CT molecular complexity index is 3280. The smallest absolute Gasteiger partial charge is 0.326 e. The van der Waals surface area contributed by atoms with E-state index in [0.717, 1.165) is 17.8 Å². The molecule has 99 heavy (non-hydrogen) atoms. The second kappa shape index (κ2) is 42.2. The van der Waals surface area contributed by atoms with Crippen molar-refractivity contribution >= 4 is 106 Å². The fourth-order valence-corrected chi connectivity index (χ4v) is 11.1. The number of nitrogens with two attached hydrogens (primary N) is 5. The highest BCUT2D eigenvalue weighted by molar-refractivity contribution is 7.98. The molecule has 10 atom stereocenters. The number of carbonyl (C=O) groups excluding carboxylic acids is 9. The lowest BCUT2D eigenvalue weighted by Crippen LogP contribution is -2.61. The van der Waals surface area contributed by atoms with E-state index >= 15 is 0 Å². The van der Waals surface area contributed by atoms with Crippen LogP contribution in [0.5, 0.6) is 5.75 Å². The number of rotatable bonds is 40. The predicted molar refractivity (Wildman–Crippen MR) is 372 cm³/mol. The van der Waals surface area contributed by atoms with Gasteiger partial charge in [-0.2, -0.15) is 11.8 Å². The van der Waals surface area contributed by atoms with Crippen LogP contribution >= 0.6 is 11.8 Å². The maximum Gasteiger partial charge on any atom is 0.326 e. The molecule has 34 heteroatoms. The van der Waals surface area contributed by atoms with Gasteiger partial charge in [-0.3, -0.25) is 62.7 Å². The number of hydrogen-bond acceptors (Lipinski definition) is 17. The third-order valence-corrected chi connectivity index (χ3v) is 16.4. The van der Waals surface area contributed by atoms with Crippen LogP contribution in [0.2, 0.25) is 0 Å². The van der Waals surface area contributed by atoms with Crippen LogP contribution in [0.3, 0.4) is 0 Å². The van der Waals surface area contributed by atoms with Gasteiger partial charge in [0.15, 0.2) is 11.9 Å². The van der Waals surface area contributed by atoms with Crippen molar-refractivity contribution < 1.29 is 78.0 Å². The topological polar surface area (TPSA) is 556 Å². The number of H-pyrrole nitrogens is 1. The van der Waals surface area contributed by atoms with Gasteiger partial charge in [-0.05, 0) is 123 Å². The third-order valence-electron chi connectivity index (χ3n) is 15.8. The molecule has 1 saturated heterocycles. The standard InChI is InChI=1S/C63H97N17O14S.C2H4O2/c1-33(2)29-46(77-57(89)48-17-12-27-80(48)60(92)44(16-11-26-70-63(67)68)74-59(91)50(34(3)4)78-52(84)40(64)30-36-18-20-38(81)21-19-36)55(87)76-47(31-37-32-71-41-14-9-8-13-39(37)41)56(88)79-51(35(5)6)58(90)73-42(15-10-25-69-62(65)66)53(85)72-43(24-28-95-7)54(86)75-45(61(93)94)22-23-49(82)83;1-2(3)4/h8-9,13-14,18-21,32-35,40,42-48,50-51,71,81H,10-12,15-17,22-31,64H2,1-7H3,(H,72,85)(H,73,90)(H,74,91)(H,75,86)(H,76,87)(H,77,89)(H,78,84)(H,79,88)(H,82,83)(H,93,94)(H4,65,66,69)(H4,67,68,70);1H3,(H,3,4)/t40-,42-,43-,44-,45-,46-,47-,48-,50-,51-;/m0./s1. The first-order valence-corrected chi connectivity index (χ1v) is 34.1. The number of para-hydroxylation sites is 1. The Morgan fingerprint density at radius 2 is 1.10 bits per heavy atom. The highest BCUT2D eigenvalue weighted by Crippen LogP contribution is 2.23. The second-order valence-electron chi connectivity index (χ2n) is 25.2. The Hall–Kier alpha value is -9.73. The molecule has 1 fully saturated rings. The molecule has 1 aliphatic heterocycles. The van der Waals surface area contributed by atoms with Gasteiger partial charge < -0.3 is 102 Å². The number of amides is 9. The quantitative estimate of drug-likeness (QED) is 0.0187. The molecule has 0 spiro atoms. The van der Waals surface area contributed by atoms with Gasteiger partial charge >= 0.3 is 11.9 Å². The van der Waals surface area contributed by atoms with Crippen LogP contribution in [0.4, 0.5) is 0 Å². The number of phenolic OH excluding ortho intramolecular Hbond substituents is 1. The number of aromatic hydroxyl groups is 1. The number of aromatic nitrogens is 1. The number of likely N-dealkylation sites (tertiary alicyclic amines) is 1. The normalized spacial score (nSPS) is 15.4. The average molecular weight is 1410 g/mol. The molecule has 3 aromatic rings. The Labute approximate surface area is 579 Å². The number of hydrogen-bond donors (Lipinski definition) is 18. The van der Waals surface area contributed by atoms with Crippen molar-refractivity contribution in [1.82, 2.24) is 52.4 Å². The van der Waals surface area contributed by atoms with Gasteiger partial charge in [0.2, 0.25) is 53.2 Å². The van der Waals surface area contributed by atoms with E-state index in [9.17, 15) is 68.1 Å². The van der Waals surface area contributed by atoms with Gasteiger partial charge in [0.25, 0.3) is 5.97 Å². The summed E-state index contributed by atoms with van der Waals surface area (Å²) in [5.74, 6) is -12.0. The van der Waals surface area contributed by atoms with Gasteiger partial charge in [-0.25, -0.2) is 4.79 Å². The maximum atomic E-state index is 14.9. The minimum absolute atomic E-state index is 0.00465. The number of benzene rings is 2. The number of aliphatic imine (C=N–C) groups is 2. The zero-order valence-electron chi connectivity index (χ0n) is 57.3. The summed E-state index contributed by atoms with van der Waals surface area (Å²) >= 11 is 1.33. The summed E-state index contributed by atoms with van der Waals surface area (Å²) in [5, 5.41) is 58.4. The number of nitrogens with zero attached hydrogens (tertiary/aromatic N) is 3. The molecule has 4 rings (SSSR count). The van der Waals surface area contributed by atoms with E-state index in [4.69, 9.17) is 38.6 Å². The van der Waals surface area contributed by atoms with Crippen LogP contribution in [0.25, 0.3) is 10.9 Å². The minimum atomic E-state index is -1.60. The van der Waals surface area contributed by atoms with Gasteiger partial charge in [0.1, 0.15) is 60.1 Å². The van der Waals surface area contributed by atoms with Crippen molar-refractivity contribution in [3.63, 3.8) is 0 Å². The second-order valence-corrected chi connectivity index (χ2v) is 26.1. The molecule has 9 amide bonds. The molecule has 2 aromatic carbocycles. The Balaban J connectivity index is 0.00000619. The first kappa shape index (κ1) is 83.5. The number of nitrogens with one attached hydrogen (secondary N) is 9. The zero-order chi connectivity index (χ0) is 74.2. The van der Waals surface area contributed by atoms with E-state index in [-0.39, 0.29) is 101 Å². The maximum absolute atomic E-state index is 14.9. The summed E-state index contributed by atoms with van der Waals surface area (Å²) in [7, 11) is 0. The summed E-state index contributed by atoms with van der Waals surface area (Å²) in [4.78, 5) is 174. The Morgan fingerprint density at radius 3 is 1.64 bits per heavy atom. The van der Waals surface area contributed by atoms with E-state index in [1.54, 1.807) is 58.3 Å². The summed E-state index contributed by atoms with van der Waals surface area (Å²) in [6.07, 6.45) is 3.20. The summed E-state index contributed by atoms with van der Waals surface area (Å²) in [6.45, 7) is 11.6. The van der Waals surface area contributed by atoms with Crippen LogP contribution in [-0.2, 0) is 70.4 Å². The van der Waals surface area contributed by atoms with Crippen molar-refractivity contribution in [2.24, 2.45) is 56.4 Å². The van der Waals surface area contributed by atoms with E-state index in [1.807, 2.05) is 32.0 Å². The first-order chi connectivity index (χ1) is 46.6. The summed E-state index contributed by atoms with van der Waals surface area (Å²) in [6, 6.07) is 0.312. The third kappa shape index (κ3) is 29.5. The monoisotopic (exact) mass is 1410 g/mol. The van der Waals surface area contributed by atoms with Gasteiger partial charge in [0, 0.05) is 56.5 Å². The van der Waals surface area contributed by atoms with Crippen molar-refractivity contribution in [2.75, 3.05) is 31.6 Å². The number of aliphatic carboxylic acids is 3. The molecule has 0 bridgehead atoms. The number of guanidine groups is 2. The molecule has 0 radical (unpaired) electrons. The largest absolute Gasteiger partial charge is 0.508 e. The van der Waals surface area contributed by atoms with Gasteiger partial charge in [0.05, 0.1) is 6.04 Å². The SMILES string of the molecule is CC(=O)O.CSCC[C@H](NC(=O)[C@H](CCCN=C(N)N)NC(=O)[C@@H](NC(=O)[C@H](Cc1c[nH]c2ccccc12)NC(=O)[C@H](CC(C)C)NC(=O)[C@@H]1CCCN1C(=O)[C@H](CCCN=C(N)N)NC(=O)[C@@H](NC(=O)[C@@H](N)Cc1ccc(O)cc1)C(C)C)C(C)C)C(=O)N[C@@H](CCC(=O)O)C(=O)O. The summed E-state index contributed by atoms with van der Waals surface area (Å²) < 4.78 is 0. The summed E-state index contributed by atoms with van der Waals surface area (Å²) in [5.41, 5.74) is 30.5. The highest BCUT2D eigenvalue weighted by atomic mass is 32.2. The number of thioether (sulfide) groups is 1. The Kier molecular flexibility index (Phi) is 35.6. The first-order valence-electron chi connectivity index (χ1n) is 32.7. The molecule has 1 aromatic heterocycles. The molecule has 23 N–H and O–H groups in total. The van der Waals surface area contributed by atoms with Crippen LogP contribution < -0.4 is 71.2 Å². The average Bonchev–Trinajstić information content (AvgIpc) is 1.73. The predicted octanol–water partition coefficient (Wildman–Crippen LogP) is -0.886. The number of carboxylic acids is 3. The molecular weight excluding hydrogens is 1310 g/mol. The molecule has 1 aliphatic rings. The number of carbonyl (C=O) groups is 12. The van der Waals surface area contributed by atoms with Crippen LogP contribution in [-0.4, -0.2) is 205 Å². The van der Waals surface area contributed by atoms with Crippen LogP contribution in [0.1, 0.15) is 124 Å². The lowest BCUT2D eigenvalue weighted by atomic mass is 9.98. The van der Waals surface area contributed by atoms with Crippen molar-refractivity contribution in [3.05, 3.63) is 65.9 Å². The number of aromatic amines is 1. The Morgan fingerprint density at radius 1 is 0.606 bits per heavy atom.